The number of rotatable bonds is 9. The maximum Gasteiger partial charge on any atom is 0.237 e. The minimum atomic E-state index is -3.08. The molecule has 6 nitrogen and oxygen atoms in total. The summed E-state index contributed by atoms with van der Waals surface area (Å²) in [6, 6.07) is 103. The smallest absolute Gasteiger partial charge is 0.237 e. The van der Waals surface area contributed by atoms with E-state index in [2.05, 4.69) is 287 Å². The largest absolute Gasteiger partial charge is 0.309 e. The molecule has 0 aliphatic heterocycles. The molecule has 11 aromatic carbocycles. The number of nitrogens with zero attached hydrogens (tertiary/aromatic N) is 6. The Balaban J connectivity index is 1.05. The van der Waals surface area contributed by atoms with E-state index in [1.807, 2.05) is 12.1 Å². The van der Waals surface area contributed by atoms with Crippen LogP contribution in [-0.4, -0.2) is 31.7 Å². The Hall–Kier alpha value is -10.4. The molecule has 7 heteroatoms. The van der Waals surface area contributed by atoms with Gasteiger partial charge in [-0.15, -0.1) is 0 Å². The molecule has 0 bridgehead atoms. The first kappa shape index (κ1) is 45.0. The maximum absolute atomic E-state index is 10.2. The fourth-order valence-corrected chi connectivity index (χ4v) is 17.3. The first-order valence-electron chi connectivity index (χ1n) is 26.4. The average molecular weight is 1010 g/mol. The van der Waals surface area contributed by atoms with E-state index in [9.17, 15) is 5.26 Å². The number of hydrogen-bond donors (Lipinski definition) is 0. The first-order valence-corrected chi connectivity index (χ1v) is 28.4. The lowest BCUT2D eigenvalue weighted by molar-refractivity contribution is 0.953. The zero-order valence-electron chi connectivity index (χ0n) is 42.2. The Bertz CT molecular complexity index is 4820. The van der Waals surface area contributed by atoms with Gasteiger partial charge in [-0.2, -0.15) is 10.2 Å². The van der Waals surface area contributed by atoms with Crippen molar-refractivity contribution in [2.24, 2.45) is 0 Å². The van der Waals surface area contributed by atoms with E-state index < -0.39 is 8.07 Å². The van der Waals surface area contributed by atoms with Crippen LogP contribution in [0.25, 0.3) is 105 Å². The van der Waals surface area contributed by atoms with Crippen LogP contribution in [0.3, 0.4) is 0 Å². The molecule has 0 unspecified atom stereocenters. The number of para-hydroxylation sites is 4. The number of nitriles is 1. The van der Waals surface area contributed by atoms with Crippen molar-refractivity contribution in [3.8, 4) is 45.9 Å². The standard InChI is InChI=1S/C71H46N6Si/c72-47-48-39-41-66-61(43-48)58-34-14-16-36-63(58)76(66)68-46-62(51-24-20-32-56(45-51)78(53-27-9-3-10-28-53,54-29-11-4-12-30-54)55-31-19-23-50(44-55)49-21-5-1-6-22-49)73-71(74-68)77-64-37-17-13-33-57(64)59-40-42-67-69(70(59)77)60-35-15-18-38-65(60)75(67)52-25-7-2-8-26-52/h1-46H. The highest BCUT2D eigenvalue weighted by Crippen LogP contribution is 2.42. The van der Waals surface area contributed by atoms with Gasteiger partial charge in [0, 0.05) is 49.6 Å². The van der Waals surface area contributed by atoms with Gasteiger partial charge in [-0.3, -0.25) is 9.13 Å². The Morgan fingerprint density at radius 1 is 0.333 bits per heavy atom. The molecule has 0 amide bonds. The fraction of sp³-hybridized carbons (Fsp3) is 0. The molecule has 0 N–H and O–H groups in total. The molecule has 364 valence electrons. The Kier molecular flexibility index (Phi) is 10.5. The predicted molar refractivity (Wildman–Crippen MR) is 324 cm³/mol. The van der Waals surface area contributed by atoms with Crippen LogP contribution in [-0.2, 0) is 0 Å². The zero-order chi connectivity index (χ0) is 51.7. The van der Waals surface area contributed by atoms with Crippen molar-refractivity contribution >= 4 is 94.2 Å². The fourth-order valence-electron chi connectivity index (χ4n) is 12.5. The van der Waals surface area contributed by atoms with Crippen LogP contribution in [0.1, 0.15) is 5.56 Å². The molecule has 0 saturated carbocycles. The van der Waals surface area contributed by atoms with Crippen LogP contribution >= 0.6 is 0 Å². The van der Waals surface area contributed by atoms with Gasteiger partial charge in [0.25, 0.3) is 0 Å². The quantitative estimate of drug-likeness (QED) is 0.107. The van der Waals surface area contributed by atoms with Crippen LogP contribution in [0.2, 0.25) is 0 Å². The molecule has 0 saturated heterocycles. The van der Waals surface area contributed by atoms with Crippen LogP contribution in [0.5, 0.6) is 0 Å². The summed E-state index contributed by atoms with van der Waals surface area (Å²) in [5.41, 5.74) is 12.0. The summed E-state index contributed by atoms with van der Waals surface area (Å²) in [6.45, 7) is 0. The van der Waals surface area contributed by atoms with Crippen LogP contribution in [0.15, 0.2) is 279 Å². The van der Waals surface area contributed by atoms with E-state index in [0.717, 1.165) is 82.4 Å². The molecule has 15 rings (SSSR count). The Morgan fingerprint density at radius 2 is 0.833 bits per heavy atom. The van der Waals surface area contributed by atoms with Crippen molar-refractivity contribution < 1.29 is 0 Å². The van der Waals surface area contributed by atoms with E-state index >= 15 is 0 Å². The Morgan fingerprint density at radius 3 is 1.50 bits per heavy atom. The molecule has 0 aliphatic carbocycles. The summed E-state index contributed by atoms with van der Waals surface area (Å²) in [5.74, 6) is 1.26. The monoisotopic (exact) mass is 1010 g/mol. The van der Waals surface area contributed by atoms with Gasteiger partial charge in [-0.05, 0) is 86.5 Å². The van der Waals surface area contributed by atoms with Crippen molar-refractivity contribution in [3.63, 3.8) is 0 Å². The van der Waals surface area contributed by atoms with Crippen LogP contribution < -0.4 is 20.7 Å². The van der Waals surface area contributed by atoms with E-state index in [-0.39, 0.29) is 0 Å². The molecule has 0 radical (unpaired) electrons. The van der Waals surface area contributed by atoms with Gasteiger partial charge < -0.3 is 4.57 Å². The number of fused-ring (bicyclic) bond motifs is 10. The van der Waals surface area contributed by atoms with Crippen LogP contribution in [0, 0.1) is 11.3 Å². The molecule has 0 atom stereocenters. The van der Waals surface area contributed by atoms with Crippen molar-refractivity contribution in [3.05, 3.63) is 285 Å². The van der Waals surface area contributed by atoms with Crippen LogP contribution in [0.4, 0.5) is 0 Å². The summed E-state index contributed by atoms with van der Waals surface area (Å²) < 4.78 is 6.92. The van der Waals surface area contributed by atoms with Gasteiger partial charge in [-0.1, -0.05) is 218 Å². The predicted octanol–water partition coefficient (Wildman–Crippen LogP) is 14.4. The molecule has 0 spiro atoms. The van der Waals surface area contributed by atoms with Gasteiger partial charge >= 0.3 is 0 Å². The lowest BCUT2D eigenvalue weighted by atomic mass is 10.1. The minimum Gasteiger partial charge on any atom is -0.309 e. The van der Waals surface area contributed by atoms with E-state index in [0.29, 0.717) is 17.3 Å². The van der Waals surface area contributed by atoms with Crippen molar-refractivity contribution in [1.29, 1.82) is 5.26 Å². The summed E-state index contributed by atoms with van der Waals surface area (Å²) in [7, 11) is -3.08. The molecule has 78 heavy (non-hydrogen) atoms. The summed E-state index contributed by atoms with van der Waals surface area (Å²) in [4.78, 5) is 11.5. The first-order chi connectivity index (χ1) is 38.7. The third-order valence-corrected chi connectivity index (χ3v) is 20.6. The highest BCUT2D eigenvalue weighted by molar-refractivity contribution is 7.20. The van der Waals surface area contributed by atoms with E-state index in [1.165, 1.54) is 31.9 Å². The number of benzene rings is 11. The van der Waals surface area contributed by atoms with Gasteiger partial charge in [-0.25, -0.2) is 4.98 Å². The molecule has 4 aromatic heterocycles. The second-order valence-electron chi connectivity index (χ2n) is 20.0. The maximum atomic E-state index is 10.2. The van der Waals surface area contributed by atoms with Gasteiger partial charge in [0.1, 0.15) is 5.82 Å². The average Bonchev–Trinajstić information content (AvgIpc) is 4.20. The zero-order valence-corrected chi connectivity index (χ0v) is 43.2. The third-order valence-electron chi connectivity index (χ3n) is 15.8. The highest BCUT2D eigenvalue weighted by atomic mass is 28.3. The summed E-state index contributed by atoms with van der Waals surface area (Å²) in [6.07, 6.45) is 0. The van der Waals surface area contributed by atoms with Gasteiger partial charge in [0.15, 0.2) is 8.07 Å². The summed E-state index contributed by atoms with van der Waals surface area (Å²) >= 11 is 0. The topological polar surface area (TPSA) is 64.4 Å². The van der Waals surface area contributed by atoms with E-state index in [1.54, 1.807) is 0 Å². The molecule has 4 heterocycles. The SMILES string of the molecule is N#Cc1ccc2c(c1)c1ccccc1n2-c1cc(-c2cccc([Si](c3ccccc3)(c3ccccc3)c3cccc(-c4ccccc4)c3)c2)nc(-n2c3ccccc3c3ccc4c(c5ccccc5n4-c4ccccc4)c32)n1. The third kappa shape index (κ3) is 6.94. The normalized spacial score (nSPS) is 11.8. The second kappa shape index (κ2) is 18.2. The lowest BCUT2D eigenvalue weighted by Crippen LogP contribution is -2.74. The molecular formula is C71H46N6Si. The molecule has 0 aliphatic rings. The molecule has 15 aromatic rings. The lowest BCUT2D eigenvalue weighted by Gasteiger charge is -2.35. The highest BCUT2D eigenvalue weighted by Gasteiger charge is 2.42. The second-order valence-corrected chi connectivity index (χ2v) is 23.8. The minimum absolute atomic E-state index is 0.549. The van der Waals surface area contributed by atoms with Gasteiger partial charge in [0.2, 0.25) is 5.95 Å². The van der Waals surface area contributed by atoms with Crippen molar-refractivity contribution in [2.75, 3.05) is 0 Å². The Labute approximate surface area is 451 Å². The summed E-state index contributed by atoms with van der Waals surface area (Å²) in [5, 5.41) is 21.8. The van der Waals surface area contributed by atoms with E-state index in [4.69, 9.17) is 9.97 Å². The number of hydrogen-bond acceptors (Lipinski definition) is 3. The molecular weight excluding hydrogens is 965 g/mol. The number of aromatic nitrogens is 5. The van der Waals surface area contributed by atoms with Crippen molar-refractivity contribution in [1.82, 2.24) is 23.7 Å². The molecule has 0 fully saturated rings. The van der Waals surface area contributed by atoms with Gasteiger partial charge in [0.05, 0.1) is 50.4 Å². The van der Waals surface area contributed by atoms with Crippen molar-refractivity contribution in [2.45, 2.75) is 0 Å².